The van der Waals surface area contributed by atoms with E-state index in [4.69, 9.17) is 11.6 Å². The Morgan fingerprint density at radius 2 is 1.78 bits per heavy atom. The van der Waals surface area contributed by atoms with Gasteiger partial charge in [-0.3, -0.25) is 4.68 Å². The highest BCUT2D eigenvalue weighted by molar-refractivity contribution is 6.30. The van der Waals surface area contributed by atoms with Gasteiger partial charge >= 0.3 is 6.03 Å². The molecule has 5 nitrogen and oxygen atoms in total. The highest BCUT2D eigenvalue weighted by Gasteiger charge is 2.19. The van der Waals surface area contributed by atoms with Crippen LogP contribution >= 0.6 is 11.6 Å². The maximum absolute atomic E-state index is 13.7. The van der Waals surface area contributed by atoms with E-state index in [9.17, 15) is 22.4 Å². The third-order valence-corrected chi connectivity index (χ3v) is 3.74. The normalized spacial score (nSPS) is 10.7. The van der Waals surface area contributed by atoms with Gasteiger partial charge in [-0.05, 0) is 18.2 Å². The third-order valence-electron chi connectivity index (χ3n) is 3.50. The summed E-state index contributed by atoms with van der Waals surface area (Å²) in [7, 11) is 0. The van der Waals surface area contributed by atoms with E-state index in [-0.39, 0.29) is 11.8 Å². The molecule has 1 heterocycles. The number of amides is 2. The van der Waals surface area contributed by atoms with Crippen LogP contribution in [-0.2, 0) is 6.54 Å². The van der Waals surface area contributed by atoms with Gasteiger partial charge in [0.25, 0.3) is 0 Å². The van der Waals surface area contributed by atoms with E-state index in [1.807, 2.05) is 0 Å². The Morgan fingerprint density at radius 3 is 2.52 bits per heavy atom. The number of hydrogen-bond donors (Lipinski definition) is 2. The molecule has 0 saturated carbocycles. The van der Waals surface area contributed by atoms with Gasteiger partial charge in [-0.2, -0.15) is 5.10 Å². The first kappa shape index (κ1) is 18.7. The lowest BCUT2D eigenvalue weighted by molar-refractivity contribution is 0.262. The van der Waals surface area contributed by atoms with Crippen LogP contribution in [0.3, 0.4) is 0 Å². The predicted molar refractivity (Wildman–Crippen MR) is 91.7 cm³/mol. The van der Waals surface area contributed by atoms with Crippen LogP contribution in [-0.4, -0.2) is 15.8 Å². The number of halogens is 5. The van der Waals surface area contributed by atoms with Crippen LogP contribution in [0.1, 0.15) is 5.56 Å². The topological polar surface area (TPSA) is 59.0 Å². The van der Waals surface area contributed by atoms with Crippen molar-refractivity contribution in [1.29, 1.82) is 0 Å². The van der Waals surface area contributed by atoms with Crippen LogP contribution < -0.4 is 10.6 Å². The molecule has 0 bridgehead atoms. The van der Waals surface area contributed by atoms with Crippen molar-refractivity contribution in [3.63, 3.8) is 0 Å². The fourth-order valence-electron chi connectivity index (χ4n) is 2.29. The molecule has 0 atom stereocenters. The molecule has 1 aromatic heterocycles. The summed E-state index contributed by atoms with van der Waals surface area (Å²) < 4.78 is 54.7. The second-order valence-electron chi connectivity index (χ2n) is 5.46. The number of carbonyl (C=O) groups excluding carboxylic acids is 1. The Labute approximate surface area is 155 Å². The van der Waals surface area contributed by atoms with Crippen molar-refractivity contribution < 1.29 is 22.4 Å². The number of benzene rings is 2. The molecular weight excluding hydrogens is 388 g/mol. The molecule has 0 aliphatic heterocycles. The van der Waals surface area contributed by atoms with E-state index in [1.165, 1.54) is 12.4 Å². The number of anilines is 2. The molecule has 0 fully saturated rings. The number of aromatic nitrogens is 2. The van der Waals surface area contributed by atoms with Gasteiger partial charge in [-0.25, -0.2) is 22.4 Å². The Kier molecular flexibility index (Phi) is 5.31. The van der Waals surface area contributed by atoms with E-state index in [0.717, 1.165) is 4.68 Å². The summed E-state index contributed by atoms with van der Waals surface area (Å²) >= 11 is 5.82. The number of rotatable bonds is 4. The molecule has 0 radical (unpaired) electrons. The first-order valence-electron chi connectivity index (χ1n) is 7.51. The molecule has 3 aromatic rings. The van der Waals surface area contributed by atoms with Crippen molar-refractivity contribution in [2.24, 2.45) is 0 Å². The number of urea groups is 1. The number of nitrogens with one attached hydrogen (secondary N) is 2. The van der Waals surface area contributed by atoms with Gasteiger partial charge in [0.2, 0.25) is 0 Å². The molecular formula is C17H11ClF4N4O. The second kappa shape index (κ2) is 7.67. The maximum Gasteiger partial charge on any atom is 0.323 e. The lowest BCUT2D eigenvalue weighted by atomic mass is 10.2. The zero-order valence-corrected chi connectivity index (χ0v) is 14.2. The Bertz CT molecular complexity index is 1010. The maximum atomic E-state index is 13.7. The zero-order chi connectivity index (χ0) is 19.6. The highest BCUT2D eigenvalue weighted by Crippen LogP contribution is 2.20. The summed E-state index contributed by atoms with van der Waals surface area (Å²) in [5, 5.41) is 9.27. The lowest BCUT2D eigenvalue weighted by Crippen LogP contribution is -2.19. The Balaban J connectivity index is 1.69. The van der Waals surface area contributed by atoms with E-state index >= 15 is 0 Å². The van der Waals surface area contributed by atoms with Gasteiger partial charge in [0.15, 0.2) is 17.5 Å². The minimum absolute atomic E-state index is 0.220. The molecule has 3 rings (SSSR count). The average molecular weight is 399 g/mol. The summed E-state index contributed by atoms with van der Waals surface area (Å²) in [5.41, 5.74) is -0.0109. The van der Waals surface area contributed by atoms with Gasteiger partial charge in [-0.15, -0.1) is 0 Å². The molecule has 2 amide bonds. The van der Waals surface area contributed by atoms with E-state index < -0.39 is 41.4 Å². The molecule has 140 valence electrons. The number of hydrogen-bond acceptors (Lipinski definition) is 2. The fraction of sp³-hybridized carbons (Fsp3) is 0.0588. The molecule has 0 spiro atoms. The molecule has 0 aliphatic carbocycles. The van der Waals surface area contributed by atoms with E-state index in [0.29, 0.717) is 10.7 Å². The molecule has 2 N–H and O–H groups in total. The molecule has 27 heavy (non-hydrogen) atoms. The summed E-state index contributed by atoms with van der Waals surface area (Å²) in [6.45, 7) is -0.494. The Morgan fingerprint density at radius 1 is 1.04 bits per heavy atom. The summed E-state index contributed by atoms with van der Waals surface area (Å²) in [4.78, 5) is 11.9. The molecule has 0 saturated heterocycles. The molecule has 0 aliphatic rings. The van der Waals surface area contributed by atoms with Crippen LogP contribution in [0.15, 0.2) is 42.7 Å². The van der Waals surface area contributed by atoms with Crippen molar-refractivity contribution in [1.82, 2.24) is 9.78 Å². The van der Waals surface area contributed by atoms with Gasteiger partial charge in [-0.1, -0.05) is 17.7 Å². The second-order valence-corrected chi connectivity index (χ2v) is 5.90. The summed E-state index contributed by atoms with van der Waals surface area (Å²) in [6, 6.07) is 6.13. The minimum Gasteiger partial charge on any atom is -0.308 e. The molecule has 10 heteroatoms. The standard InChI is InChI=1S/C17H11ClF4N4O/c18-9-2-1-3-10(4-9)24-17(27)25-11-6-23-26(7-11)8-12-13(19)5-14(20)16(22)15(12)21/h1-7H,8H2,(H2,24,25,27). The third kappa shape index (κ3) is 4.37. The first-order chi connectivity index (χ1) is 12.8. The van der Waals surface area contributed by atoms with Crippen LogP contribution in [0.5, 0.6) is 0 Å². The fourth-order valence-corrected chi connectivity index (χ4v) is 2.48. The van der Waals surface area contributed by atoms with Crippen LogP contribution in [0.25, 0.3) is 0 Å². The van der Waals surface area contributed by atoms with Crippen molar-refractivity contribution in [2.75, 3.05) is 10.6 Å². The van der Waals surface area contributed by atoms with Gasteiger partial charge in [0.1, 0.15) is 5.82 Å². The summed E-state index contributed by atoms with van der Waals surface area (Å²) in [5.74, 6) is -6.25. The Hall–Kier alpha value is -3.07. The van der Waals surface area contributed by atoms with Gasteiger partial charge in [0, 0.05) is 28.5 Å². The van der Waals surface area contributed by atoms with Gasteiger partial charge < -0.3 is 10.6 Å². The SMILES string of the molecule is O=C(Nc1cccc(Cl)c1)Nc1cnn(Cc2c(F)cc(F)c(F)c2F)c1. The van der Waals surface area contributed by atoms with Crippen molar-refractivity contribution in [3.05, 3.63) is 76.6 Å². The quantitative estimate of drug-likeness (QED) is 0.377. The minimum atomic E-state index is -1.77. The molecule has 2 aromatic carbocycles. The predicted octanol–water partition coefficient (Wildman–Crippen LogP) is 4.79. The van der Waals surface area contributed by atoms with Crippen molar-refractivity contribution in [3.8, 4) is 0 Å². The highest BCUT2D eigenvalue weighted by atomic mass is 35.5. The number of nitrogens with zero attached hydrogens (tertiary/aromatic N) is 2. The van der Waals surface area contributed by atoms with E-state index in [1.54, 1.807) is 24.3 Å². The van der Waals surface area contributed by atoms with E-state index in [2.05, 4.69) is 15.7 Å². The van der Waals surface area contributed by atoms with Gasteiger partial charge in [0.05, 0.1) is 18.4 Å². The lowest BCUT2D eigenvalue weighted by Gasteiger charge is -2.07. The first-order valence-corrected chi connectivity index (χ1v) is 7.89. The van der Waals surface area contributed by atoms with Crippen LogP contribution in [0.4, 0.5) is 33.7 Å². The summed E-state index contributed by atoms with van der Waals surface area (Å²) in [6.07, 6.45) is 2.50. The monoisotopic (exact) mass is 398 g/mol. The largest absolute Gasteiger partial charge is 0.323 e. The average Bonchev–Trinajstić information content (AvgIpc) is 3.03. The molecule has 0 unspecified atom stereocenters. The number of carbonyl (C=O) groups is 1. The van der Waals surface area contributed by atoms with Crippen molar-refractivity contribution >= 4 is 29.0 Å². The van der Waals surface area contributed by atoms with Crippen molar-refractivity contribution in [2.45, 2.75) is 6.54 Å². The smallest absolute Gasteiger partial charge is 0.308 e. The van der Waals surface area contributed by atoms with Crippen LogP contribution in [0, 0.1) is 23.3 Å². The van der Waals surface area contributed by atoms with Crippen LogP contribution in [0.2, 0.25) is 5.02 Å². The zero-order valence-electron chi connectivity index (χ0n) is 13.4.